The molecule has 5 N–H and O–H groups in total. The summed E-state index contributed by atoms with van der Waals surface area (Å²) in [5.74, 6) is 0.108. The average molecular weight is 513 g/mol. The number of pyridine rings is 1. The lowest BCUT2D eigenvalue weighted by molar-refractivity contribution is 0.0996. The van der Waals surface area contributed by atoms with E-state index in [0.717, 1.165) is 11.1 Å². The maximum absolute atomic E-state index is 12.3. The summed E-state index contributed by atoms with van der Waals surface area (Å²) in [6.45, 7) is 0. The first-order chi connectivity index (χ1) is 17.9. The Morgan fingerprint density at radius 1 is 0.973 bits per heavy atom. The number of aromatic hydroxyl groups is 1. The van der Waals surface area contributed by atoms with E-state index in [9.17, 15) is 14.7 Å². The molecule has 37 heavy (non-hydrogen) atoms. The van der Waals surface area contributed by atoms with Gasteiger partial charge in [-0.1, -0.05) is 35.9 Å². The maximum atomic E-state index is 12.3. The van der Waals surface area contributed by atoms with Gasteiger partial charge in [0.25, 0.3) is 5.91 Å². The highest BCUT2D eigenvalue weighted by atomic mass is 35.5. The zero-order valence-corrected chi connectivity index (χ0v) is 19.6. The van der Waals surface area contributed by atoms with E-state index in [0.29, 0.717) is 44.5 Å². The molecule has 4 aromatic heterocycles. The van der Waals surface area contributed by atoms with Crippen molar-refractivity contribution in [2.75, 3.05) is 5.32 Å². The van der Waals surface area contributed by atoms with Crippen molar-refractivity contribution in [1.29, 1.82) is 0 Å². The van der Waals surface area contributed by atoms with Crippen molar-refractivity contribution in [2.24, 2.45) is 0 Å². The second-order valence-corrected chi connectivity index (χ2v) is 8.59. The monoisotopic (exact) mass is 512 g/mol. The Balaban J connectivity index is 1.29. The number of furan rings is 1. The minimum atomic E-state index is -0.480. The van der Waals surface area contributed by atoms with Gasteiger partial charge in [0.1, 0.15) is 11.5 Å². The molecule has 0 aliphatic rings. The molecule has 10 nitrogen and oxygen atoms in total. The third-order valence-electron chi connectivity index (χ3n) is 5.78. The molecule has 0 spiro atoms. The number of imidazole rings is 2. The Morgan fingerprint density at radius 3 is 2.51 bits per heavy atom. The van der Waals surface area contributed by atoms with Crippen LogP contribution in [0, 0.1) is 0 Å². The van der Waals surface area contributed by atoms with Crippen LogP contribution in [0.1, 0.15) is 10.6 Å². The van der Waals surface area contributed by atoms with Crippen LogP contribution < -0.4 is 11.0 Å². The van der Waals surface area contributed by atoms with Crippen LogP contribution in [0.2, 0.25) is 5.02 Å². The number of nitrogens with one attached hydrogen (secondary N) is 4. The van der Waals surface area contributed by atoms with Gasteiger partial charge in [0.15, 0.2) is 11.4 Å². The molecule has 4 heterocycles. The maximum Gasteiger partial charge on any atom is 0.326 e. The number of carbonyl (C=O) groups is 1. The second kappa shape index (κ2) is 8.85. The van der Waals surface area contributed by atoms with Crippen LogP contribution in [0.4, 0.5) is 5.69 Å². The molecule has 0 radical (unpaired) electrons. The number of nitrogens with zero attached hydrogens (tertiary/aromatic N) is 2. The zero-order chi connectivity index (χ0) is 25.5. The third-order valence-corrected chi connectivity index (χ3v) is 6.11. The first-order valence-electron chi connectivity index (χ1n) is 11.1. The van der Waals surface area contributed by atoms with Gasteiger partial charge in [-0.2, -0.15) is 0 Å². The van der Waals surface area contributed by atoms with Crippen LogP contribution in [-0.2, 0) is 0 Å². The van der Waals surface area contributed by atoms with Gasteiger partial charge in [0, 0.05) is 28.6 Å². The topological polar surface area (TPSA) is 153 Å². The fourth-order valence-corrected chi connectivity index (χ4v) is 4.19. The first kappa shape index (κ1) is 22.4. The van der Waals surface area contributed by atoms with Gasteiger partial charge in [-0.3, -0.25) is 9.78 Å². The summed E-state index contributed by atoms with van der Waals surface area (Å²) in [6.07, 6.45) is 3.14. The Labute approximate surface area is 213 Å². The second-order valence-electron chi connectivity index (χ2n) is 8.19. The van der Waals surface area contributed by atoms with Crippen LogP contribution in [0.3, 0.4) is 0 Å². The normalized spacial score (nSPS) is 11.2. The van der Waals surface area contributed by atoms with Gasteiger partial charge in [0.05, 0.1) is 16.8 Å². The number of fused-ring (bicyclic) bond motifs is 1. The molecule has 0 atom stereocenters. The van der Waals surface area contributed by atoms with Crippen molar-refractivity contribution in [3.8, 4) is 39.7 Å². The molecular formula is C26H17ClN6O4. The molecule has 0 saturated heterocycles. The third kappa shape index (κ3) is 4.26. The highest BCUT2D eigenvalue weighted by molar-refractivity contribution is 6.33. The summed E-state index contributed by atoms with van der Waals surface area (Å²) in [7, 11) is 0. The minimum absolute atomic E-state index is 0.197. The van der Waals surface area contributed by atoms with Gasteiger partial charge in [-0.15, -0.1) is 0 Å². The molecule has 1 amide bonds. The van der Waals surface area contributed by atoms with Crippen molar-refractivity contribution in [3.05, 3.63) is 94.4 Å². The molecule has 0 fully saturated rings. The van der Waals surface area contributed by atoms with Crippen LogP contribution >= 0.6 is 11.6 Å². The standard InChI is InChI=1S/C26H17ClN6O4/c27-18-8-7-16(29-24(34)20-2-1-9-37-20)11-17(18)22-30-19-10-15(12-28-23(19)32-22)13-3-5-14(6-4-13)21-25(35)33-26(36)31-21/h1-12,35H,(H,29,34)(H,28,30,32)(H2,31,33,36). The molecule has 6 aromatic rings. The number of hydrogen-bond acceptors (Lipinski definition) is 6. The first-order valence-corrected chi connectivity index (χ1v) is 11.4. The number of rotatable bonds is 5. The predicted octanol–water partition coefficient (Wildman–Crippen LogP) is 5.18. The molecular weight excluding hydrogens is 496 g/mol. The number of hydrogen-bond donors (Lipinski definition) is 5. The Hall–Kier alpha value is -5.09. The minimum Gasteiger partial charge on any atom is -0.493 e. The summed E-state index contributed by atoms with van der Waals surface area (Å²) >= 11 is 6.45. The number of aromatic nitrogens is 5. The number of H-pyrrole nitrogens is 3. The van der Waals surface area contributed by atoms with Crippen LogP contribution in [0.15, 0.2) is 82.3 Å². The number of aromatic amines is 3. The Kier molecular flexibility index (Phi) is 5.35. The van der Waals surface area contributed by atoms with Gasteiger partial charge < -0.3 is 24.8 Å². The summed E-state index contributed by atoms with van der Waals surface area (Å²) in [6, 6.07) is 17.5. The molecule has 0 saturated carbocycles. The number of amides is 1. The molecule has 182 valence electrons. The van der Waals surface area contributed by atoms with E-state index in [2.05, 4.69) is 30.2 Å². The summed E-state index contributed by atoms with van der Waals surface area (Å²) in [5.41, 5.74) is 4.56. The molecule has 0 bridgehead atoms. The van der Waals surface area contributed by atoms with Gasteiger partial charge in [-0.05, 0) is 42.0 Å². The highest BCUT2D eigenvalue weighted by Crippen LogP contribution is 2.32. The summed E-state index contributed by atoms with van der Waals surface area (Å²) < 4.78 is 5.14. The Bertz CT molecular complexity index is 1820. The predicted molar refractivity (Wildman–Crippen MR) is 139 cm³/mol. The Morgan fingerprint density at radius 2 is 1.78 bits per heavy atom. The van der Waals surface area contributed by atoms with E-state index < -0.39 is 5.69 Å². The van der Waals surface area contributed by atoms with Crippen LogP contribution in [0.25, 0.3) is 44.9 Å². The van der Waals surface area contributed by atoms with E-state index in [1.165, 1.54) is 6.26 Å². The fourth-order valence-electron chi connectivity index (χ4n) is 3.98. The van der Waals surface area contributed by atoms with E-state index in [1.807, 2.05) is 18.2 Å². The van der Waals surface area contributed by atoms with E-state index in [-0.39, 0.29) is 17.5 Å². The van der Waals surface area contributed by atoms with E-state index in [4.69, 9.17) is 16.0 Å². The van der Waals surface area contributed by atoms with E-state index >= 15 is 0 Å². The van der Waals surface area contributed by atoms with Crippen molar-refractivity contribution < 1.29 is 14.3 Å². The largest absolute Gasteiger partial charge is 0.493 e. The molecule has 0 aliphatic heterocycles. The van der Waals surface area contributed by atoms with Crippen molar-refractivity contribution in [1.82, 2.24) is 24.9 Å². The van der Waals surface area contributed by atoms with Gasteiger partial charge >= 0.3 is 5.69 Å². The lowest BCUT2D eigenvalue weighted by atomic mass is 10.0. The molecule has 6 rings (SSSR count). The molecule has 2 aromatic carbocycles. The number of halogens is 1. The quantitative estimate of drug-likeness (QED) is 0.214. The average Bonchev–Trinajstić information content (AvgIpc) is 3.65. The highest BCUT2D eigenvalue weighted by Gasteiger charge is 2.15. The molecule has 0 unspecified atom stereocenters. The molecule has 0 aliphatic carbocycles. The lowest BCUT2D eigenvalue weighted by Gasteiger charge is -2.07. The lowest BCUT2D eigenvalue weighted by Crippen LogP contribution is -2.10. The van der Waals surface area contributed by atoms with Gasteiger partial charge in [0.2, 0.25) is 5.88 Å². The SMILES string of the molecule is O=C(Nc1ccc(Cl)c(-c2nc3ncc(-c4ccc(-c5[nH]c(=O)[nH]c5O)cc4)cc3[nH]2)c1)c1ccco1. The molecule has 11 heteroatoms. The zero-order valence-electron chi connectivity index (χ0n) is 18.9. The number of benzene rings is 2. The van der Waals surface area contributed by atoms with E-state index in [1.54, 1.807) is 48.7 Å². The summed E-state index contributed by atoms with van der Waals surface area (Å²) in [5, 5.41) is 13.1. The van der Waals surface area contributed by atoms with Crippen LogP contribution in [-0.4, -0.2) is 35.9 Å². The van der Waals surface area contributed by atoms with Crippen molar-refractivity contribution in [3.63, 3.8) is 0 Å². The number of anilines is 1. The van der Waals surface area contributed by atoms with Gasteiger partial charge in [-0.25, -0.2) is 14.8 Å². The summed E-state index contributed by atoms with van der Waals surface area (Å²) in [4.78, 5) is 40.9. The fraction of sp³-hybridized carbons (Fsp3) is 0. The van der Waals surface area contributed by atoms with Crippen LogP contribution in [0.5, 0.6) is 5.88 Å². The van der Waals surface area contributed by atoms with Crippen molar-refractivity contribution in [2.45, 2.75) is 0 Å². The number of carbonyl (C=O) groups excluding carboxylic acids is 1. The van der Waals surface area contributed by atoms with Crippen molar-refractivity contribution >= 4 is 34.4 Å². The smallest absolute Gasteiger partial charge is 0.326 e.